The number of hydrogen-bond donors (Lipinski definition) is 1. The van der Waals surface area contributed by atoms with Crippen LogP contribution in [0.1, 0.15) is 16.8 Å². The number of carbonyl (C=O) groups excluding carboxylic acids is 1. The van der Waals surface area contributed by atoms with Gasteiger partial charge in [0.1, 0.15) is 23.3 Å². The van der Waals surface area contributed by atoms with E-state index in [1.165, 1.54) is 16.8 Å². The molecule has 9 heteroatoms. The van der Waals surface area contributed by atoms with Gasteiger partial charge in [0.15, 0.2) is 5.82 Å². The minimum absolute atomic E-state index is 0.238. The second-order valence-electron chi connectivity index (χ2n) is 8.34. The standard InChI is InChI=1S/C26H23FN6O2/c1-17-8-10-19(11-9-17)15-28-22(34)16-32-26(35)23-24(18(2)29-32)30-33(21-7-5-6-20(27)14-21)25(23)31-12-3-4-13-31/h3-14H,15-16H2,1-2H3,(H,28,34). The van der Waals surface area contributed by atoms with Crippen LogP contribution in [0.15, 0.2) is 77.9 Å². The van der Waals surface area contributed by atoms with Crippen LogP contribution in [0.4, 0.5) is 4.39 Å². The van der Waals surface area contributed by atoms with Gasteiger partial charge in [-0.15, -0.1) is 0 Å². The lowest BCUT2D eigenvalue weighted by atomic mass is 10.1. The first-order valence-corrected chi connectivity index (χ1v) is 11.1. The van der Waals surface area contributed by atoms with Crippen molar-refractivity contribution < 1.29 is 9.18 Å². The predicted octanol–water partition coefficient (Wildman–Crippen LogP) is 3.45. The van der Waals surface area contributed by atoms with Crippen LogP contribution in [0.5, 0.6) is 0 Å². The van der Waals surface area contributed by atoms with Gasteiger partial charge in [0, 0.05) is 18.9 Å². The van der Waals surface area contributed by atoms with Crippen molar-refractivity contribution in [1.82, 2.24) is 29.4 Å². The zero-order chi connectivity index (χ0) is 24.5. The van der Waals surface area contributed by atoms with Gasteiger partial charge in [0.05, 0.1) is 11.4 Å². The Morgan fingerprint density at radius 2 is 1.74 bits per heavy atom. The summed E-state index contributed by atoms with van der Waals surface area (Å²) in [4.78, 5) is 26.2. The maximum Gasteiger partial charge on any atom is 0.280 e. The molecule has 2 aromatic carbocycles. The molecule has 0 saturated heterocycles. The lowest BCUT2D eigenvalue weighted by Gasteiger charge is -2.10. The molecule has 3 aromatic heterocycles. The number of benzene rings is 2. The van der Waals surface area contributed by atoms with Gasteiger partial charge < -0.3 is 9.88 Å². The van der Waals surface area contributed by atoms with Crippen LogP contribution < -0.4 is 10.9 Å². The number of aryl methyl sites for hydroxylation is 2. The summed E-state index contributed by atoms with van der Waals surface area (Å²) in [5, 5.41) is 12.1. The van der Waals surface area contributed by atoms with Crippen LogP contribution in [0.25, 0.3) is 22.4 Å². The molecule has 0 radical (unpaired) electrons. The number of rotatable bonds is 6. The molecule has 35 heavy (non-hydrogen) atoms. The zero-order valence-corrected chi connectivity index (χ0v) is 19.3. The molecule has 0 bridgehead atoms. The highest BCUT2D eigenvalue weighted by Gasteiger charge is 2.22. The molecule has 1 amide bonds. The molecule has 0 spiro atoms. The first-order chi connectivity index (χ1) is 16.9. The Morgan fingerprint density at radius 1 is 1.00 bits per heavy atom. The topological polar surface area (TPSA) is 86.7 Å². The minimum Gasteiger partial charge on any atom is -0.350 e. The van der Waals surface area contributed by atoms with Crippen molar-refractivity contribution in [2.75, 3.05) is 0 Å². The molecule has 0 atom stereocenters. The average Bonchev–Trinajstić information content (AvgIpc) is 3.50. The maximum absolute atomic E-state index is 14.0. The lowest BCUT2D eigenvalue weighted by Crippen LogP contribution is -2.34. The van der Waals surface area contributed by atoms with E-state index in [-0.39, 0.29) is 12.5 Å². The Bertz CT molecular complexity index is 1580. The summed E-state index contributed by atoms with van der Waals surface area (Å²) in [5.74, 6) is -0.308. The second-order valence-corrected chi connectivity index (χ2v) is 8.34. The van der Waals surface area contributed by atoms with E-state index in [2.05, 4.69) is 15.5 Å². The van der Waals surface area contributed by atoms with Crippen LogP contribution in [-0.2, 0) is 17.9 Å². The van der Waals surface area contributed by atoms with Gasteiger partial charge in [-0.3, -0.25) is 9.59 Å². The molecule has 0 fully saturated rings. The van der Waals surface area contributed by atoms with Gasteiger partial charge >= 0.3 is 0 Å². The van der Waals surface area contributed by atoms with Crippen molar-refractivity contribution in [3.63, 3.8) is 0 Å². The molecule has 5 aromatic rings. The molecule has 0 aliphatic carbocycles. The SMILES string of the molecule is Cc1ccc(CNC(=O)Cn2nc(C)c3nn(-c4cccc(F)c4)c(-n4cccc4)c3c2=O)cc1. The Kier molecular flexibility index (Phi) is 5.74. The van der Waals surface area contributed by atoms with Gasteiger partial charge in [-0.25, -0.2) is 13.8 Å². The Labute approximate surface area is 200 Å². The lowest BCUT2D eigenvalue weighted by molar-refractivity contribution is -0.122. The largest absolute Gasteiger partial charge is 0.350 e. The quantitative estimate of drug-likeness (QED) is 0.412. The summed E-state index contributed by atoms with van der Waals surface area (Å²) in [6, 6.07) is 17.5. The maximum atomic E-state index is 14.0. The number of hydrogen-bond acceptors (Lipinski definition) is 4. The molecule has 0 saturated carbocycles. The summed E-state index contributed by atoms with van der Waals surface area (Å²) in [6.45, 7) is 3.83. The van der Waals surface area contributed by atoms with Crippen molar-refractivity contribution >= 4 is 16.8 Å². The highest BCUT2D eigenvalue weighted by atomic mass is 19.1. The van der Waals surface area contributed by atoms with E-state index in [0.717, 1.165) is 15.8 Å². The molecule has 0 aliphatic rings. The van der Waals surface area contributed by atoms with E-state index in [0.29, 0.717) is 34.6 Å². The Balaban J connectivity index is 1.55. The predicted molar refractivity (Wildman–Crippen MR) is 130 cm³/mol. The number of nitrogens with one attached hydrogen (secondary N) is 1. The van der Waals surface area contributed by atoms with Crippen molar-refractivity contribution in [2.45, 2.75) is 26.9 Å². The molecular formula is C26H23FN6O2. The second kappa shape index (κ2) is 9.02. The molecule has 1 N–H and O–H groups in total. The number of fused-ring (bicyclic) bond motifs is 1. The fourth-order valence-electron chi connectivity index (χ4n) is 3.97. The van der Waals surface area contributed by atoms with Gasteiger partial charge in [-0.1, -0.05) is 35.9 Å². The van der Waals surface area contributed by atoms with Gasteiger partial charge in [0.25, 0.3) is 5.56 Å². The first-order valence-electron chi connectivity index (χ1n) is 11.1. The van der Waals surface area contributed by atoms with Crippen molar-refractivity contribution in [2.24, 2.45) is 0 Å². The van der Waals surface area contributed by atoms with E-state index in [1.807, 2.05) is 43.3 Å². The van der Waals surface area contributed by atoms with Crippen LogP contribution in [0.2, 0.25) is 0 Å². The Hall–Kier alpha value is -4.53. The third-order valence-corrected chi connectivity index (χ3v) is 5.73. The summed E-state index contributed by atoms with van der Waals surface area (Å²) < 4.78 is 18.4. The fourth-order valence-corrected chi connectivity index (χ4v) is 3.97. The smallest absolute Gasteiger partial charge is 0.280 e. The van der Waals surface area contributed by atoms with Crippen LogP contribution >= 0.6 is 0 Å². The minimum atomic E-state index is -0.456. The number of aromatic nitrogens is 5. The monoisotopic (exact) mass is 470 g/mol. The average molecular weight is 471 g/mol. The molecule has 3 heterocycles. The highest BCUT2D eigenvalue weighted by Crippen LogP contribution is 2.24. The normalized spacial score (nSPS) is 11.2. The number of carbonyl (C=O) groups is 1. The summed E-state index contributed by atoms with van der Waals surface area (Å²) in [7, 11) is 0. The van der Waals surface area contributed by atoms with Gasteiger partial charge in [0.2, 0.25) is 5.91 Å². The summed E-state index contributed by atoms with van der Waals surface area (Å²) in [5.41, 5.74) is 2.97. The van der Waals surface area contributed by atoms with Crippen LogP contribution in [0.3, 0.4) is 0 Å². The van der Waals surface area contributed by atoms with E-state index < -0.39 is 11.4 Å². The molecule has 5 rings (SSSR count). The third-order valence-electron chi connectivity index (χ3n) is 5.73. The number of halogens is 1. The number of amides is 1. The number of nitrogens with zero attached hydrogens (tertiary/aromatic N) is 5. The van der Waals surface area contributed by atoms with E-state index in [4.69, 9.17) is 0 Å². The van der Waals surface area contributed by atoms with Crippen molar-refractivity contribution in [3.05, 3.63) is 106 Å². The molecule has 0 aliphatic heterocycles. The first kappa shape index (κ1) is 22.3. The molecule has 176 valence electrons. The molecular weight excluding hydrogens is 447 g/mol. The van der Waals surface area contributed by atoms with E-state index in [9.17, 15) is 14.0 Å². The van der Waals surface area contributed by atoms with Crippen LogP contribution in [0, 0.1) is 19.7 Å². The van der Waals surface area contributed by atoms with Crippen molar-refractivity contribution in [1.29, 1.82) is 0 Å². The van der Waals surface area contributed by atoms with Gasteiger partial charge in [-0.05, 0) is 49.7 Å². The fraction of sp³-hybridized carbons (Fsp3) is 0.154. The summed E-state index contributed by atoms with van der Waals surface area (Å²) in [6.07, 6.45) is 3.56. The summed E-state index contributed by atoms with van der Waals surface area (Å²) >= 11 is 0. The zero-order valence-electron chi connectivity index (χ0n) is 19.3. The third kappa shape index (κ3) is 4.35. The van der Waals surface area contributed by atoms with E-state index >= 15 is 0 Å². The highest BCUT2D eigenvalue weighted by molar-refractivity contribution is 5.88. The van der Waals surface area contributed by atoms with E-state index in [1.54, 1.807) is 36.0 Å². The van der Waals surface area contributed by atoms with Crippen molar-refractivity contribution in [3.8, 4) is 11.5 Å². The Morgan fingerprint density at radius 3 is 2.46 bits per heavy atom. The molecule has 8 nitrogen and oxygen atoms in total. The molecule has 0 unspecified atom stereocenters. The van der Waals surface area contributed by atoms with Crippen LogP contribution in [-0.4, -0.2) is 30.0 Å². The van der Waals surface area contributed by atoms with Gasteiger partial charge in [-0.2, -0.15) is 10.2 Å².